The van der Waals surface area contributed by atoms with Gasteiger partial charge in [0.05, 0.1) is 0 Å². The smallest absolute Gasteiger partial charge is 0.225 e. The Morgan fingerprint density at radius 2 is 1.83 bits per heavy atom. The molecule has 1 fully saturated rings. The molecule has 0 radical (unpaired) electrons. The topological polar surface area (TPSA) is 68.8 Å². The van der Waals surface area contributed by atoms with Crippen LogP contribution in [0.2, 0.25) is 0 Å². The third-order valence-electron chi connectivity index (χ3n) is 5.19. The molecule has 0 spiro atoms. The zero-order valence-corrected chi connectivity index (χ0v) is 20.8. The molecule has 6 nitrogen and oxygen atoms in total. The Hall–Kier alpha value is -1.35. The molecule has 164 valence electrons. The molecule has 2 atom stereocenters. The molecule has 1 aliphatic heterocycles. The monoisotopic (exact) mass is 515 g/mol. The number of likely N-dealkylation sites (tertiary alicyclic amines) is 1. The minimum atomic E-state index is -0.357. The Bertz CT molecular complexity index is 644. The molecule has 0 saturated carbocycles. The van der Waals surface area contributed by atoms with Crippen LogP contribution in [0.1, 0.15) is 46.1 Å². The number of carbonyl (C=O) groups excluding carboxylic acids is 1. The summed E-state index contributed by atoms with van der Waals surface area (Å²) >= 11 is 0. The fourth-order valence-electron chi connectivity index (χ4n) is 3.41. The highest BCUT2D eigenvalue weighted by atomic mass is 127. The largest absolute Gasteiger partial charge is 0.355 e. The number of hydrogen-bond donors (Lipinski definition) is 3. The van der Waals surface area contributed by atoms with E-state index in [0.29, 0.717) is 25.2 Å². The van der Waals surface area contributed by atoms with Crippen molar-refractivity contribution in [1.82, 2.24) is 20.9 Å². The van der Waals surface area contributed by atoms with E-state index in [0.717, 1.165) is 31.9 Å². The van der Waals surface area contributed by atoms with Crippen molar-refractivity contribution in [3.8, 4) is 0 Å². The molecule has 1 aliphatic rings. The number of nitrogens with zero attached hydrogens (tertiary/aromatic N) is 2. The van der Waals surface area contributed by atoms with E-state index in [4.69, 9.17) is 0 Å². The Labute approximate surface area is 193 Å². The number of piperidine rings is 1. The molecule has 1 saturated heterocycles. The van der Waals surface area contributed by atoms with Crippen LogP contribution in [0.25, 0.3) is 0 Å². The summed E-state index contributed by atoms with van der Waals surface area (Å²) in [7, 11) is 1.79. The average Bonchev–Trinajstić information content (AvgIpc) is 2.66. The summed E-state index contributed by atoms with van der Waals surface area (Å²) in [6.07, 6.45) is 2.19. The number of carbonyl (C=O) groups is 1. The average molecular weight is 515 g/mol. The molecule has 2 unspecified atom stereocenters. The van der Waals surface area contributed by atoms with Crippen molar-refractivity contribution < 1.29 is 4.79 Å². The number of guanidine groups is 1. The number of amides is 1. The quantitative estimate of drug-likeness (QED) is 0.236. The third-order valence-corrected chi connectivity index (χ3v) is 5.19. The summed E-state index contributed by atoms with van der Waals surface area (Å²) in [5.41, 5.74) is 1.01. The van der Waals surface area contributed by atoms with Crippen LogP contribution in [0.3, 0.4) is 0 Å². The Kier molecular flexibility index (Phi) is 11.0. The van der Waals surface area contributed by atoms with Gasteiger partial charge in [-0.2, -0.15) is 0 Å². The fraction of sp³-hybridized carbons (Fsp3) is 0.636. The Morgan fingerprint density at radius 3 is 2.41 bits per heavy atom. The molecule has 0 bridgehead atoms. The van der Waals surface area contributed by atoms with E-state index in [-0.39, 0.29) is 35.3 Å². The number of benzene rings is 1. The molecule has 1 aromatic carbocycles. The van der Waals surface area contributed by atoms with Crippen LogP contribution in [0.5, 0.6) is 0 Å². The second kappa shape index (κ2) is 12.4. The van der Waals surface area contributed by atoms with Crippen molar-refractivity contribution in [2.24, 2.45) is 10.4 Å². The summed E-state index contributed by atoms with van der Waals surface area (Å²) in [6, 6.07) is 11.6. The highest BCUT2D eigenvalue weighted by Gasteiger charge is 2.26. The molecule has 2 rings (SSSR count). The highest BCUT2D eigenvalue weighted by Crippen LogP contribution is 2.19. The molecule has 3 N–H and O–H groups in total. The van der Waals surface area contributed by atoms with Crippen molar-refractivity contribution >= 4 is 35.8 Å². The second-order valence-electron chi connectivity index (χ2n) is 8.68. The predicted octanol–water partition coefficient (Wildman–Crippen LogP) is 2.98. The van der Waals surface area contributed by atoms with Crippen molar-refractivity contribution in [3.05, 3.63) is 35.9 Å². The molecule has 1 aromatic rings. The molecule has 1 heterocycles. The number of hydrogen-bond acceptors (Lipinski definition) is 3. The number of aliphatic imine (C=N–C) groups is 1. The van der Waals surface area contributed by atoms with E-state index in [2.05, 4.69) is 63.1 Å². The molecular weight excluding hydrogens is 477 g/mol. The molecule has 29 heavy (non-hydrogen) atoms. The summed E-state index contributed by atoms with van der Waals surface area (Å²) in [6.45, 7) is 11.4. The lowest BCUT2D eigenvalue weighted by molar-refractivity contribution is -0.128. The maximum absolute atomic E-state index is 11.9. The van der Waals surface area contributed by atoms with Crippen molar-refractivity contribution in [2.75, 3.05) is 26.7 Å². The van der Waals surface area contributed by atoms with Crippen LogP contribution in [0, 0.1) is 5.41 Å². The van der Waals surface area contributed by atoms with E-state index in [1.54, 1.807) is 7.05 Å². The standard InChI is InChI=1S/C22H37N5O.HI/c1-17-15-19(11-14-27(17)16-18-9-7-6-8-10-18)26-21(23-5)25-13-12-24-20(28)22(2,3)4;/h6-10,17,19H,11-16H2,1-5H3,(H,24,28)(H2,23,25,26);1H. The van der Waals surface area contributed by atoms with Gasteiger partial charge in [0.15, 0.2) is 5.96 Å². The predicted molar refractivity (Wildman–Crippen MR) is 132 cm³/mol. The lowest BCUT2D eigenvalue weighted by Crippen LogP contribution is -2.52. The maximum atomic E-state index is 11.9. The Balaban J connectivity index is 0.00000420. The van der Waals surface area contributed by atoms with Crippen LogP contribution in [0.4, 0.5) is 0 Å². The van der Waals surface area contributed by atoms with Gasteiger partial charge < -0.3 is 16.0 Å². The van der Waals surface area contributed by atoms with Gasteiger partial charge in [0, 0.05) is 50.7 Å². The van der Waals surface area contributed by atoms with E-state index in [1.165, 1.54) is 5.56 Å². The molecule has 0 aromatic heterocycles. The lowest BCUT2D eigenvalue weighted by Gasteiger charge is -2.38. The van der Waals surface area contributed by atoms with E-state index in [9.17, 15) is 4.79 Å². The second-order valence-corrected chi connectivity index (χ2v) is 8.68. The summed E-state index contributed by atoms with van der Waals surface area (Å²) < 4.78 is 0. The van der Waals surface area contributed by atoms with Gasteiger partial charge in [0.1, 0.15) is 0 Å². The molecule has 0 aliphatic carbocycles. The summed E-state index contributed by atoms with van der Waals surface area (Å²) in [4.78, 5) is 18.8. The number of nitrogens with one attached hydrogen (secondary N) is 3. The third kappa shape index (κ3) is 8.90. The SMILES string of the molecule is CN=C(NCCNC(=O)C(C)(C)C)NC1CCN(Cc2ccccc2)C(C)C1.I. The van der Waals surface area contributed by atoms with Gasteiger partial charge in [-0.3, -0.25) is 14.7 Å². The van der Waals surface area contributed by atoms with Gasteiger partial charge in [-0.05, 0) is 25.3 Å². The van der Waals surface area contributed by atoms with Gasteiger partial charge in [0.25, 0.3) is 0 Å². The van der Waals surface area contributed by atoms with Crippen molar-refractivity contribution in [3.63, 3.8) is 0 Å². The van der Waals surface area contributed by atoms with E-state index < -0.39 is 0 Å². The minimum Gasteiger partial charge on any atom is -0.355 e. The first kappa shape index (κ1) is 25.7. The normalized spacial score (nSPS) is 20.5. The first-order chi connectivity index (χ1) is 13.3. The van der Waals surface area contributed by atoms with Crippen LogP contribution >= 0.6 is 24.0 Å². The maximum Gasteiger partial charge on any atom is 0.225 e. The van der Waals surface area contributed by atoms with Gasteiger partial charge in [-0.25, -0.2) is 0 Å². The van der Waals surface area contributed by atoms with Crippen LogP contribution < -0.4 is 16.0 Å². The highest BCUT2D eigenvalue weighted by molar-refractivity contribution is 14.0. The van der Waals surface area contributed by atoms with Gasteiger partial charge in [0.2, 0.25) is 5.91 Å². The van der Waals surface area contributed by atoms with Crippen LogP contribution in [-0.4, -0.2) is 55.5 Å². The van der Waals surface area contributed by atoms with Crippen LogP contribution in [0.15, 0.2) is 35.3 Å². The summed E-state index contributed by atoms with van der Waals surface area (Å²) in [5, 5.41) is 9.79. The van der Waals surface area contributed by atoms with Gasteiger partial charge in [-0.1, -0.05) is 51.1 Å². The number of halogens is 1. The summed E-state index contributed by atoms with van der Waals surface area (Å²) in [5.74, 6) is 0.871. The first-order valence-electron chi connectivity index (χ1n) is 10.3. The zero-order valence-electron chi connectivity index (χ0n) is 18.5. The van der Waals surface area contributed by atoms with Crippen molar-refractivity contribution in [2.45, 2.75) is 59.2 Å². The lowest BCUT2D eigenvalue weighted by atomic mass is 9.96. The molecule has 7 heteroatoms. The van der Waals surface area contributed by atoms with Gasteiger partial charge >= 0.3 is 0 Å². The Morgan fingerprint density at radius 1 is 1.17 bits per heavy atom. The number of rotatable bonds is 6. The van der Waals surface area contributed by atoms with Crippen LogP contribution in [-0.2, 0) is 11.3 Å². The van der Waals surface area contributed by atoms with Gasteiger partial charge in [-0.15, -0.1) is 24.0 Å². The van der Waals surface area contributed by atoms with E-state index in [1.807, 2.05) is 20.8 Å². The fourth-order valence-corrected chi connectivity index (χ4v) is 3.41. The van der Waals surface area contributed by atoms with Crippen molar-refractivity contribution in [1.29, 1.82) is 0 Å². The molecule has 1 amide bonds. The molecular formula is C22H38IN5O. The first-order valence-corrected chi connectivity index (χ1v) is 10.3. The zero-order chi connectivity index (χ0) is 20.6. The minimum absolute atomic E-state index is 0. The van der Waals surface area contributed by atoms with E-state index >= 15 is 0 Å².